The van der Waals surface area contributed by atoms with Crippen molar-refractivity contribution < 1.29 is 9.59 Å². The zero-order valence-corrected chi connectivity index (χ0v) is 18.5. The summed E-state index contributed by atoms with van der Waals surface area (Å²) in [6.07, 6.45) is 5.66. The number of pyridine rings is 1. The van der Waals surface area contributed by atoms with E-state index in [1.54, 1.807) is 24.4 Å². The fourth-order valence-electron chi connectivity index (χ4n) is 2.42. The Kier molecular flexibility index (Phi) is 7.67. The lowest BCUT2D eigenvalue weighted by Crippen LogP contribution is -2.39. The molecule has 0 atom stereocenters. The molecule has 0 radical (unpaired) electrons. The van der Waals surface area contributed by atoms with Crippen molar-refractivity contribution in [3.63, 3.8) is 0 Å². The minimum absolute atomic E-state index is 0.0999. The Morgan fingerprint density at radius 1 is 1.28 bits per heavy atom. The van der Waals surface area contributed by atoms with E-state index in [-0.39, 0.29) is 23.8 Å². The highest BCUT2D eigenvalue weighted by atomic mass is 32.1. The van der Waals surface area contributed by atoms with Crippen molar-refractivity contribution in [2.45, 2.75) is 47.6 Å². The summed E-state index contributed by atoms with van der Waals surface area (Å²) >= 11 is 1.19. The minimum Gasteiger partial charge on any atom is -0.355 e. The molecule has 1 N–H and O–H groups in total. The molecule has 1 amide bonds. The van der Waals surface area contributed by atoms with E-state index in [1.165, 1.54) is 22.0 Å². The van der Waals surface area contributed by atoms with Crippen LogP contribution in [0.15, 0.2) is 29.2 Å². The Bertz CT molecular complexity index is 1030. The SMILES string of the molecule is CC(C)CCNC(=O)Cn1c(=O)/c(=C\c2ccccn2)s/c1=C\C(=O)C(C)(C)C. The molecular formula is C22H29N3O3S. The second-order valence-electron chi connectivity index (χ2n) is 8.39. The Morgan fingerprint density at radius 3 is 2.59 bits per heavy atom. The van der Waals surface area contributed by atoms with Crippen molar-refractivity contribution >= 4 is 35.2 Å². The molecule has 2 rings (SSSR count). The highest BCUT2D eigenvalue weighted by Gasteiger charge is 2.20. The second-order valence-corrected chi connectivity index (χ2v) is 9.45. The first-order valence-electron chi connectivity index (χ1n) is 9.73. The van der Waals surface area contributed by atoms with Crippen LogP contribution in [0.3, 0.4) is 0 Å². The summed E-state index contributed by atoms with van der Waals surface area (Å²) in [5.41, 5.74) is -0.226. The van der Waals surface area contributed by atoms with Crippen LogP contribution in [0, 0.1) is 11.3 Å². The second kappa shape index (κ2) is 9.78. The summed E-state index contributed by atoms with van der Waals surface area (Å²) in [5, 5.41) is 2.84. The van der Waals surface area contributed by atoms with Crippen molar-refractivity contribution in [3.05, 3.63) is 49.6 Å². The number of Topliss-reactive ketones (excluding diaryl/α,β-unsaturated/α-hetero) is 1. The van der Waals surface area contributed by atoms with Crippen LogP contribution in [0.25, 0.3) is 12.2 Å². The number of carbonyl (C=O) groups is 2. The van der Waals surface area contributed by atoms with Gasteiger partial charge in [-0.2, -0.15) is 0 Å². The van der Waals surface area contributed by atoms with E-state index < -0.39 is 5.41 Å². The normalized spacial score (nSPS) is 13.2. The molecule has 6 nitrogen and oxygen atoms in total. The maximum absolute atomic E-state index is 12.9. The predicted molar refractivity (Wildman–Crippen MR) is 117 cm³/mol. The summed E-state index contributed by atoms with van der Waals surface area (Å²) < 4.78 is 2.27. The third-order valence-corrected chi connectivity index (χ3v) is 5.30. The highest BCUT2D eigenvalue weighted by Crippen LogP contribution is 2.14. The molecule has 2 heterocycles. The van der Waals surface area contributed by atoms with Crippen molar-refractivity contribution in [1.29, 1.82) is 0 Å². The van der Waals surface area contributed by atoms with Gasteiger partial charge in [-0.1, -0.05) is 40.7 Å². The topological polar surface area (TPSA) is 81.1 Å². The molecule has 7 heteroatoms. The molecule has 2 aromatic rings. The number of amides is 1. The summed E-state index contributed by atoms with van der Waals surface area (Å²) in [4.78, 5) is 42.0. The third-order valence-electron chi connectivity index (χ3n) is 4.24. The Hall–Kier alpha value is -2.54. The van der Waals surface area contributed by atoms with Crippen LogP contribution in [0.4, 0.5) is 0 Å². The maximum Gasteiger partial charge on any atom is 0.269 e. The zero-order valence-electron chi connectivity index (χ0n) is 17.7. The predicted octanol–water partition coefficient (Wildman–Crippen LogP) is 1.69. The smallest absolute Gasteiger partial charge is 0.269 e. The zero-order chi connectivity index (χ0) is 21.6. The van der Waals surface area contributed by atoms with Gasteiger partial charge in [-0.05, 0) is 30.5 Å². The van der Waals surface area contributed by atoms with E-state index in [9.17, 15) is 14.4 Å². The molecule has 0 aliphatic rings. The van der Waals surface area contributed by atoms with E-state index in [2.05, 4.69) is 24.1 Å². The van der Waals surface area contributed by atoms with Gasteiger partial charge >= 0.3 is 0 Å². The summed E-state index contributed by atoms with van der Waals surface area (Å²) in [7, 11) is 0. The quantitative estimate of drug-likeness (QED) is 0.746. The first kappa shape index (κ1) is 22.7. The van der Waals surface area contributed by atoms with Crippen molar-refractivity contribution in [2.75, 3.05) is 6.54 Å². The molecule has 0 aromatic carbocycles. The molecule has 156 valence electrons. The van der Waals surface area contributed by atoms with Crippen LogP contribution in [-0.2, 0) is 16.1 Å². The first-order valence-corrected chi connectivity index (χ1v) is 10.5. The lowest BCUT2D eigenvalue weighted by molar-refractivity contribution is -0.122. The summed E-state index contributed by atoms with van der Waals surface area (Å²) in [6.45, 7) is 10.1. The molecular weight excluding hydrogens is 386 g/mol. The van der Waals surface area contributed by atoms with Gasteiger partial charge in [-0.3, -0.25) is 23.9 Å². The maximum atomic E-state index is 12.9. The number of carbonyl (C=O) groups excluding carboxylic acids is 2. The Labute approximate surface area is 175 Å². The van der Waals surface area contributed by atoms with Gasteiger partial charge in [0.05, 0.1) is 10.2 Å². The Morgan fingerprint density at radius 2 is 2.00 bits per heavy atom. The fourth-order valence-corrected chi connectivity index (χ4v) is 3.44. The molecule has 29 heavy (non-hydrogen) atoms. The molecule has 0 saturated carbocycles. The van der Waals surface area contributed by atoms with Crippen LogP contribution >= 0.6 is 11.3 Å². The average Bonchev–Trinajstić information content (AvgIpc) is 2.90. The van der Waals surface area contributed by atoms with Crippen molar-refractivity contribution in [2.24, 2.45) is 11.3 Å². The molecule has 0 fully saturated rings. The van der Waals surface area contributed by atoms with E-state index in [4.69, 9.17) is 0 Å². The molecule has 2 aromatic heterocycles. The van der Waals surface area contributed by atoms with Crippen LogP contribution in [0.1, 0.15) is 46.7 Å². The van der Waals surface area contributed by atoms with Gasteiger partial charge in [-0.15, -0.1) is 11.3 Å². The van der Waals surface area contributed by atoms with Crippen molar-refractivity contribution in [3.8, 4) is 0 Å². The van der Waals surface area contributed by atoms with Gasteiger partial charge in [0, 0.05) is 24.2 Å². The molecule has 0 aliphatic carbocycles. The number of hydrogen-bond donors (Lipinski definition) is 1. The molecule has 0 aliphatic heterocycles. The molecule has 0 bridgehead atoms. The number of rotatable bonds is 7. The van der Waals surface area contributed by atoms with Gasteiger partial charge in [-0.25, -0.2) is 0 Å². The number of nitrogens with zero attached hydrogens (tertiary/aromatic N) is 2. The van der Waals surface area contributed by atoms with Gasteiger partial charge in [0.1, 0.15) is 11.2 Å². The number of aromatic nitrogens is 2. The third kappa shape index (κ3) is 6.78. The van der Waals surface area contributed by atoms with Crippen LogP contribution in [0.5, 0.6) is 0 Å². The molecule has 0 saturated heterocycles. The van der Waals surface area contributed by atoms with E-state index >= 15 is 0 Å². The summed E-state index contributed by atoms with van der Waals surface area (Å²) in [6, 6.07) is 5.43. The van der Waals surface area contributed by atoms with Crippen LogP contribution in [-0.4, -0.2) is 27.8 Å². The standard InChI is InChI=1S/C22H29N3O3S/c1-15(2)9-11-24-19(27)14-25-20(13-18(26)22(3,4)5)29-17(21(25)28)12-16-8-6-7-10-23-16/h6-8,10,12-13,15H,9,11,14H2,1-5H3,(H,24,27)/b17-12+,20-13-. The average molecular weight is 416 g/mol. The monoisotopic (exact) mass is 415 g/mol. The first-order chi connectivity index (χ1) is 13.6. The number of ketones is 1. The summed E-state index contributed by atoms with van der Waals surface area (Å²) in [5.74, 6) is 0.136. The van der Waals surface area contributed by atoms with Gasteiger partial charge in [0.15, 0.2) is 5.78 Å². The minimum atomic E-state index is -0.574. The van der Waals surface area contributed by atoms with E-state index in [1.807, 2.05) is 26.8 Å². The fraction of sp³-hybridized carbons (Fsp3) is 0.455. The lowest BCUT2D eigenvalue weighted by Gasteiger charge is -2.13. The van der Waals surface area contributed by atoms with Gasteiger partial charge in [0.25, 0.3) is 5.56 Å². The number of nitrogens with one attached hydrogen (secondary N) is 1. The van der Waals surface area contributed by atoms with Gasteiger partial charge in [0.2, 0.25) is 5.91 Å². The molecule has 0 unspecified atom stereocenters. The number of thiazole rings is 1. The molecule has 0 spiro atoms. The van der Waals surface area contributed by atoms with Gasteiger partial charge < -0.3 is 5.32 Å². The Balaban J connectivity index is 2.46. The van der Waals surface area contributed by atoms with E-state index in [0.29, 0.717) is 27.4 Å². The lowest BCUT2D eigenvalue weighted by atomic mass is 9.91. The number of hydrogen-bond acceptors (Lipinski definition) is 5. The van der Waals surface area contributed by atoms with Crippen molar-refractivity contribution in [1.82, 2.24) is 14.9 Å². The van der Waals surface area contributed by atoms with Crippen LogP contribution in [0.2, 0.25) is 0 Å². The largest absolute Gasteiger partial charge is 0.355 e. The highest BCUT2D eigenvalue weighted by molar-refractivity contribution is 7.07. The van der Waals surface area contributed by atoms with Crippen LogP contribution < -0.4 is 20.1 Å². The van der Waals surface area contributed by atoms with E-state index in [0.717, 1.165) is 6.42 Å².